The van der Waals surface area contributed by atoms with Gasteiger partial charge in [-0.2, -0.15) is 0 Å². The van der Waals surface area contributed by atoms with Crippen LogP contribution in [0.5, 0.6) is 0 Å². The maximum absolute atomic E-state index is 13.3. The van der Waals surface area contributed by atoms with Gasteiger partial charge in [-0.1, -0.05) is 0 Å². The van der Waals surface area contributed by atoms with E-state index in [-0.39, 0.29) is 29.3 Å². The van der Waals surface area contributed by atoms with Crippen molar-refractivity contribution in [1.82, 2.24) is 0 Å². The molecule has 102 valence electrons. The highest BCUT2D eigenvalue weighted by molar-refractivity contribution is 6.27. The molecule has 3 nitrogen and oxygen atoms in total. The zero-order valence-electron chi connectivity index (χ0n) is 10.7. The Morgan fingerprint density at radius 2 is 2.21 bits per heavy atom. The van der Waals surface area contributed by atoms with Gasteiger partial charge in [0, 0.05) is 31.5 Å². The number of halogens is 2. The summed E-state index contributed by atoms with van der Waals surface area (Å²) in [7, 11) is 0. The molecule has 1 amide bonds. The molecule has 5 heteroatoms. The average molecular weight is 284 g/mol. The SMILES string of the molecule is CC(=O)N1CC(CCC(=O)CCl)c2cc(F)ccc21. The number of rotatable bonds is 4. The van der Waals surface area contributed by atoms with Crippen LogP contribution in [0.3, 0.4) is 0 Å². The van der Waals surface area contributed by atoms with Gasteiger partial charge in [-0.3, -0.25) is 9.59 Å². The summed E-state index contributed by atoms with van der Waals surface area (Å²) < 4.78 is 13.3. The summed E-state index contributed by atoms with van der Waals surface area (Å²) in [6.45, 7) is 1.99. The van der Waals surface area contributed by atoms with Gasteiger partial charge in [0.15, 0.2) is 0 Å². The number of fused-ring (bicyclic) bond motifs is 1. The lowest BCUT2D eigenvalue weighted by Gasteiger charge is -2.15. The van der Waals surface area contributed by atoms with E-state index in [1.165, 1.54) is 19.1 Å². The van der Waals surface area contributed by atoms with E-state index < -0.39 is 0 Å². The van der Waals surface area contributed by atoms with Crippen molar-refractivity contribution in [3.05, 3.63) is 29.6 Å². The second kappa shape index (κ2) is 5.70. The Labute approximate surface area is 116 Å². The van der Waals surface area contributed by atoms with Crippen LogP contribution in [-0.4, -0.2) is 24.1 Å². The minimum Gasteiger partial charge on any atom is -0.312 e. The molecule has 0 radical (unpaired) electrons. The third-order valence-electron chi connectivity index (χ3n) is 3.42. The Morgan fingerprint density at radius 3 is 2.84 bits per heavy atom. The van der Waals surface area contributed by atoms with Gasteiger partial charge in [-0.15, -0.1) is 11.6 Å². The number of carbonyl (C=O) groups is 2. The van der Waals surface area contributed by atoms with Crippen molar-refractivity contribution in [2.24, 2.45) is 0 Å². The molecule has 1 aromatic rings. The molecule has 1 atom stereocenters. The van der Waals surface area contributed by atoms with Crippen LogP contribution in [0, 0.1) is 5.82 Å². The fourth-order valence-electron chi connectivity index (χ4n) is 2.46. The van der Waals surface area contributed by atoms with Gasteiger partial charge in [-0.25, -0.2) is 4.39 Å². The van der Waals surface area contributed by atoms with Crippen LogP contribution < -0.4 is 4.90 Å². The molecular formula is C14H15ClFNO2. The number of benzene rings is 1. The van der Waals surface area contributed by atoms with Gasteiger partial charge in [-0.05, 0) is 30.2 Å². The molecule has 0 fully saturated rings. The predicted octanol–water partition coefficient (Wildman–Crippen LogP) is 2.86. The Balaban J connectivity index is 2.22. The highest BCUT2D eigenvalue weighted by Crippen LogP contribution is 2.39. The van der Waals surface area contributed by atoms with E-state index in [0.717, 1.165) is 11.3 Å². The summed E-state index contributed by atoms with van der Waals surface area (Å²) in [6, 6.07) is 4.42. The fourth-order valence-corrected chi connectivity index (χ4v) is 2.60. The number of hydrogen-bond acceptors (Lipinski definition) is 2. The van der Waals surface area contributed by atoms with E-state index in [2.05, 4.69) is 0 Å². The lowest BCUT2D eigenvalue weighted by molar-refractivity contribution is -0.117. The molecule has 0 aromatic heterocycles. The molecule has 0 bridgehead atoms. The maximum atomic E-state index is 13.3. The summed E-state index contributed by atoms with van der Waals surface area (Å²) in [5.41, 5.74) is 1.55. The largest absolute Gasteiger partial charge is 0.312 e. The molecule has 1 aliphatic heterocycles. The van der Waals surface area contributed by atoms with Gasteiger partial charge < -0.3 is 4.90 Å². The quantitative estimate of drug-likeness (QED) is 0.797. The molecular weight excluding hydrogens is 269 g/mol. The van der Waals surface area contributed by atoms with Gasteiger partial charge in [0.1, 0.15) is 11.6 Å². The fraction of sp³-hybridized carbons (Fsp3) is 0.429. The number of alkyl halides is 1. The van der Waals surface area contributed by atoms with E-state index in [0.29, 0.717) is 19.4 Å². The van der Waals surface area contributed by atoms with Gasteiger partial charge >= 0.3 is 0 Å². The minimum atomic E-state index is -0.321. The number of Topliss-reactive ketones (excluding diaryl/α,β-unsaturated/α-hetero) is 1. The number of hydrogen-bond donors (Lipinski definition) is 0. The van der Waals surface area contributed by atoms with E-state index in [4.69, 9.17) is 11.6 Å². The van der Waals surface area contributed by atoms with E-state index >= 15 is 0 Å². The number of ketones is 1. The average Bonchev–Trinajstić information content (AvgIpc) is 2.74. The zero-order chi connectivity index (χ0) is 14.0. The first kappa shape index (κ1) is 14.0. The first-order chi connectivity index (χ1) is 9.02. The van der Waals surface area contributed by atoms with Crippen LogP contribution in [0.4, 0.5) is 10.1 Å². The predicted molar refractivity (Wildman–Crippen MR) is 72.1 cm³/mol. The van der Waals surface area contributed by atoms with Crippen molar-refractivity contribution in [2.75, 3.05) is 17.3 Å². The zero-order valence-corrected chi connectivity index (χ0v) is 11.4. The van der Waals surface area contributed by atoms with Crippen molar-refractivity contribution in [1.29, 1.82) is 0 Å². The molecule has 2 rings (SSSR count). The number of amides is 1. The summed E-state index contributed by atoms with van der Waals surface area (Å²) in [6.07, 6.45) is 0.946. The second-order valence-corrected chi connectivity index (χ2v) is 5.01. The number of nitrogens with zero attached hydrogens (tertiary/aromatic N) is 1. The van der Waals surface area contributed by atoms with Crippen molar-refractivity contribution in [3.63, 3.8) is 0 Å². The van der Waals surface area contributed by atoms with Crippen molar-refractivity contribution >= 4 is 29.0 Å². The van der Waals surface area contributed by atoms with Crippen LogP contribution in [0.1, 0.15) is 31.2 Å². The lowest BCUT2D eigenvalue weighted by Crippen LogP contribution is -2.27. The topological polar surface area (TPSA) is 37.4 Å². The Bertz CT molecular complexity index is 518. The molecule has 19 heavy (non-hydrogen) atoms. The third kappa shape index (κ3) is 2.95. The maximum Gasteiger partial charge on any atom is 0.223 e. The first-order valence-corrected chi connectivity index (χ1v) is 6.71. The smallest absolute Gasteiger partial charge is 0.223 e. The third-order valence-corrected chi connectivity index (χ3v) is 3.72. The Kier molecular flexibility index (Phi) is 4.20. The molecule has 0 N–H and O–H groups in total. The summed E-state index contributed by atoms with van der Waals surface area (Å²) in [5, 5.41) is 0. The molecule has 0 spiro atoms. The monoisotopic (exact) mass is 283 g/mol. The lowest BCUT2D eigenvalue weighted by atomic mass is 9.95. The van der Waals surface area contributed by atoms with Gasteiger partial charge in [0.05, 0.1) is 5.88 Å². The van der Waals surface area contributed by atoms with Crippen LogP contribution in [0.25, 0.3) is 0 Å². The number of anilines is 1. The van der Waals surface area contributed by atoms with Crippen LogP contribution >= 0.6 is 11.6 Å². The van der Waals surface area contributed by atoms with Crippen LogP contribution in [-0.2, 0) is 9.59 Å². The molecule has 1 unspecified atom stereocenters. The molecule has 1 aromatic carbocycles. The van der Waals surface area contributed by atoms with Crippen molar-refractivity contribution < 1.29 is 14.0 Å². The summed E-state index contributed by atoms with van der Waals surface area (Å²) >= 11 is 5.47. The highest BCUT2D eigenvalue weighted by Gasteiger charge is 2.31. The van der Waals surface area contributed by atoms with Gasteiger partial charge in [0.25, 0.3) is 0 Å². The Morgan fingerprint density at radius 1 is 1.47 bits per heavy atom. The normalized spacial score (nSPS) is 17.4. The van der Waals surface area contributed by atoms with Crippen LogP contribution in [0.2, 0.25) is 0 Å². The number of carbonyl (C=O) groups excluding carboxylic acids is 2. The van der Waals surface area contributed by atoms with Crippen molar-refractivity contribution in [3.8, 4) is 0 Å². The van der Waals surface area contributed by atoms with E-state index in [1.807, 2.05) is 0 Å². The minimum absolute atomic E-state index is 0.000843. The Hall–Kier alpha value is -1.42. The van der Waals surface area contributed by atoms with E-state index in [1.54, 1.807) is 11.0 Å². The summed E-state index contributed by atoms with van der Waals surface area (Å²) in [5.74, 6) is -0.418. The summed E-state index contributed by atoms with van der Waals surface area (Å²) in [4.78, 5) is 24.5. The van der Waals surface area contributed by atoms with Crippen LogP contribution in [0.15, 0.2) is 18.2 Å². The molecule has 0 saturated heterocycles. The van der Waals surface area contributed by atoms with Crippen molar-refractivity contribution in [2.45, 2.75) is 25.7 Å². The highest BCUT2D eigenvalue weighted by atomic mass is 35.5. The van der Waals surface area contributed by atoms with E-state index in [9.17, 15) is 14.0 Å². The molecule has 1 aliphatic rings. The van der Waals surface area contributed by atoms with Gasteiger partial charge in [0.2, 0.25) is 5.91 Å². The molecule has 0 aliphatic carbocycles. The second-order valence-electron chi connectivity index (χ2n) is 4.74. The molecule has 0 saturated carbocycles. The molecule has 1 heterocycles. The standard InChI is InChI=1S/C14H15ClFNO2/c1-9(18)17-8-10(2-4-12(19)7-15)13-6-11(16)3-5-14(13)17/h3,5-6,10H,2,4,7-8H2,1H3. The first-order valence-electron chi connectivity index (χ1n) is 6.18.